The van der Waals surface area contributed by atoms with E-state index in [4.69, 9.17) is 5.73 Å². The van der Waals surface area contributed by atoms with E-state index >= 15 is 0 Å². The van der Waals surface area contributed by atoms with E-state index in [1.165, 1.54) is 16.0 Å². The van der Waals surface area contributed by atoms with E-state index in [2.05, 4.69) is 36.6 Å². The minimum atomic E-state index is -0.324. The van der Waals surface area contributed by atoms with Crippen LogP contribution in [0.2, 0.25) is 0 Å². The van der Waals surface area contributed by atoms with E-state index in [1.54, 1.807) is 11.3 Å². The molecule has 0 saturated carbocycles. The molecule has 0 fully saturated rings. The summed E-state index contributed by atoms with van der Waals surface area (Å²) in [5.41, 5.74) is 8.06. The van der Waals surface area contributed by atoms with Crippen molar-refractivity contribution in [2.45, 2.75) is 25.2 Å². The Kier molecular flexibility index (Phi) is 4.75. The van der Waals surface area contributed by atoms with Crippen molar-refractivity contribution in [2.75, 3.05) is 13.2 Å². The van der Waals surface area contributed by atoms with Crippen molar-refractivity contribution in [3.8, 4) is 0 Å². The van der Waals surface area contributed by atoms with Crippen molar-refractivity contribution in [2.24, 2.45) is 5.73 Å². The summed E-state index contributed by atoms with van der Waals surface area (Å²) < 4.78 is 0. The maximum Gasteiger partial charge on any atom is 0.0540 e. The first-order valence-electron chi connectivity index (χ1n) is 6.61. The van der Waals surface area contributed by atoms with Crippen molar-refractivity contribution >= 4 is 11.3 Å². The number of aryl methyl sites for hydroxylation is 2. The van der Waals surface area contributed by atoms with Crippen molar-refractivity contribution in [1.29, 1.82) is 0 Å². The molecule has 2 rings (SSSR count). The summed E-state index contributed by atoms with van der Waals surface area (Å²) in [5.74, 6) is 0. The maximum absolute atomic E-state index is 9.91. The van der Waals surface area contributed by atoms with Gasteiger partial charge in [-0.05, 0) is 42.3 Å². The Hall–Kier alpha value is -1.16. The average Bonchev–Trinajstić information content (AvgIpc) is 2.95. The van der Waals surface area contributed by atoms with Crippen LogP contribution in [0.5, 0.6) is 0 Å². The molecule has 0 spiro atoms. The summed E-state index contributed by atoms with van der Waals surface area (Å²) >= 11 is 1.76. The summed E-state index contributed by atoms with van der Waals surface area (Å²) in [4.78, 5) is 1.35. The van der Waals surface area contributed by atoms with Crippen LogP contribution in [0.1, 0.15) is 22.4 Å². The molecule has 1 atom stereocenters. The summed E-state index contributed by atoms with van der Waals surface area (Å²) in [6, 6.07) is 12.4. The van der Waals surface area contributed by atoms with E-state index < -0.39 is 0 Å². The van der Waals surface area contributed by atoms with Crippen molar-refractivity contribution < 1.29 is 5.11 Å². The first kappa shape index (κ1) is 14.3. The van der Waals surface area contributed by atoms with E-state index in [-0.39, 0.29) is 12.0 Å². The van der Waals surface area contributed by atoms with Crippen LogP contribution in [0.15, 0.2) is 41.8 Å². The summed E-state index contributed by atoms with van der Waals surface area (Å²) in [7, 11) is 0. The van der Waals surface area contributed by atoms with Gasteiger partial charge >= 0.3 is 0 Å². The number of benzene rings is 1. The zero-order valence-corrected chi connectivity index (χ0v) is 12.1. The molecule has 1 unspecified atom stereocenters. The van der Waals surface area contributed by atoms with Crippen LogP contribution in [-0.2, 0) is 11.8 Å². The SMILES string of the molecule is Cc1ccccc1C(CN)(CO)CCc1cccs1. The molecule has 0 aliphatic rings. The van der Waals surface area contributed by atoms with Gasteiger partial charge in [0.15, 0.2) is 0 Å². The quantitative estimate of drug-likeness (QED) is 0.851. The zero-order valence-electron chi connectivity index (χ0n) is 11.3. The highest BCUT2D eigenvalue weighted by Gasteiger charge is 2.31. The lowest BCUT2D eigenvalue weighted by Gasteiger charge is -2.32. The van der Waals surface area contributed by atoms with E-state index in [0.717, 1.165) is 12.8 Å². The monoisotopic (exact) mass is 275 g/mol. The van der Waals surface area contributed by atoms with Gasteiger partial charge in [0.1, 0.15) is 0 Å². The lowest BCUT2D eigenvalue weighted by Crippen LogP contribution is -2.40. The van der Waals surface area contributed by atoms with Gasteiger partial charge in [-0.15, -0.1) is 11.3 Å². The van der Waals surface area contributed by atoms with Crippen LogP contribution >= 0.6 is 11.3 Å². The molecule has 0 aliphatic carbocycles. The molecule has 1 aromatic carbocycles. The smallest absolute Gasteiger partial charge is 0.0540 e. The van der Waals surface area contributed by atoms with Gasteiger partial charge in [0, 0.05) is 16.8 Å². The largest absolute Gasteiger partial charge is 0.395 e. The third kappa shape index (κ3) is 3.06. The van der Waals surface area contributed by atoms with Gasteiger partial charge in [-0.3, -0.25) is 0 Å². The third-order valence-electron chi connectivity index (χ3n) is 3.84. The number of aliphatic hydroxyl groups is 1. The molecule has 1 heterocycles. The first-order chi connectivity index (χ1) is 9.22. The molecule has 1 aromatic heterocycles. The molecule has 0 aliphatic heterocycles. The normalized spacial score (nSPS) is 14.3. The van der Waals surface area contributed by atoms with Crippen molar-refractivity contribution in [1.82, 2.24) is 0 Å². The number of aliphatic hydroxyl groups excluding tert-OH is 1. The molecule has 0 saturated heterocycles. The lowest BCUT2D eigenvalue weighted by atomic mass is 9.75. The number of nitrogens with two attached hydrogens (primary N) is 1. The predicted octanol–water partition coefficient (Wildman–Crippen LogP) is 2.88. The van der Waals surface area contributed by atoms with Crippen molar-refractivity contribution in [3.05, 3.63) is 57.8 Å². The first-order valence-corrected chi connectivity index (χ1v) is 7.49. The number of hydrogen-bond donors (Lipinski definition) is 2. The standard InChI is InChI=1S/C16H21NOS/c1-13-5-2-3-7-15(13)16(11-17,12-18)9-8-14-6-4-10-19-14/h2-7,10,18H,8-9,11-12,17H2,1H3. The van der Waals surface area contributed by atoms with Gasteiger partial charge in [0.2, 0.25) is 0 Å². The Morgan fingerprint density at radius 3 is 2.58 bits per heavy atom. The predicted molar refractivity (Wildman–Crippen MR) is 81.6 cm³/mol. The van der Waals surface area contributed by atoms with Crippen LogP contribution in [0.4, 0.5) is 0 Å². The summed E-state index contributed by atoms with van der Waals surface area (Å²) in [6.45, 7) is 2.65. The molecule has 3 N–H and O–H groups in total. The molecule has 102 valence electrons. The van der Waals surface area contributed by atoms with Crippen LogP contribution in [-0.4, -0.2) is 18.3 Å². The Morgan fingerprint density at radius 1 is 1.21 bits per heavy atom. The topological polar surface area (TPSA) is 46.2 Å². The second-order valence-corrected chi connectivity index (χ2v) is 6.07. The Labute approximate surface area is 118 Å². The fourth-order valence-electron chi connectivity index (χ4n) is 2.56. The van der Waals surface area contributed by atoms with Gasteiger partial charge < -0.3 is 10.8 Å². The minimum Gasteiger partial charge on any atom is -0.395 e. The van der Waals surface area contributed by atoms with Crippen LogP contribution in [0.3, 0.4) is 0 Å². The van der Waals surface area contributed by atoms with Gasteiger partial charge in [-0.25, -0.2) is 0 Å². The number of hydrogen-bond acceptors (Lipinski definition) is 3. The summed E-state index contributed by atoms with van der Waals surface area (Å²) in [5, 5.41) is 12.0. The number of thiophene rings is 1. The molecule has 19 heavy (non-hydrogen) atoms. The van der Waals surface area contributed by atoms with E-state index in [1.807, 2.05) is 12.1 Å². The lowest BCUT2D eigenvalue weighted by molar-refractivity contribution is 0.188. The van der Waals surface area contributed by atoms with Crippen molar-refractivity contribution in [3.63, 3.8) is 0 Å². The van der Waals surface area contributed by atoms with Gasteiger partial charge in [-0.2, -0.15) is 0 Å². The molecule has 0 bridgehead atoms. The Morgan fingerprint density at radius 2 is 2.00 bits per heavy atom. The van der Waals surface area contributed by atoms with Crippen LogP contribution in [0.25, 0.3) is 0 Å². The number of rotatable bonds is 6. The fourth-order valence-corrected chi connectivity index (χ4v) is 3.27. The summed E-state index contributed by atoms with van der Waals surface area (Å²) in [6.07, 6.45) is 1.84. The Bertz CT molecular complexity index is 503. The highest BCUT2D eigenvalue weighted by Crippen LogP contribution is 2.31. The third-order valence-corrected chi connectivity index (χ3v) is 4.78. The molecular weight excluding hydrogens is 254 g/mol. The van der Waals surface area contributed by atoms with Gasteiger partial charge in [0.25, 0.3) is 0 Å². The van der Waals surface area contributed by atoms with Crippen LogP contribution < -0.4 is 5.73 Å². The molecule has 3 heteroatoms. The fraction of sp³-hybridized carbons (Fsp3) is 0.375. The second-order valence-electron chi connectivity index (χ2n) is 5.04. The molecule has 2 nitrogen and oxygen atoms in total. The maximum atomic E-state index is 9.91. The minimum absolute atomic E-state index is 0.0970. The average molecular weight is 275 g/mol. The molecular formula is C16H21NOS. The second kappa shape index (κ2) is 6.33. The zero-order chi connectivity index (χ0) is 13.7. The molecule has 0 radical (unpaired) electrons. The van der Waals surface area contributed by atoms with E-state index in [9.17, 15) is 5.11 Å². The van der Waals surface area contributed by atoms with Gasteiger partial charge in [0.05, 0.1) is 6.61 Å². The van der Waals surface area contributed by atoms with Gasteiger partial charge in [-0.1, -0.05) is 30.3 Å². The molecule has 2 aromatic rings. The highest BCUT2D eigenvalue weighted by atomic mass is 32.1. The van der Waals surface area contributed by atoms with E-state index in [0.29, 0.717) is 6.54 Å². The molecule has 0 amide bonds. The van der Waals surface area contributed by atoms with Crippen LogP contribution in [0, 0.1) is 6.92 Å². The highest BCUT2D eigenvalue weighted by molar-refractivity contribution is 7.09. The Balaban J connectivity index is 2.24.